The maximum Gasteiger partial charge on any atom is 0.343 e. The van der Waals surface area contributed by atoms with E-state index in [1.807, 2.05) is 12.1 Å². The van der Waals surface area contributed by atoms with Crippen LogP contribution >= 0.6 is 0 Å². The molecule has 0 radical (unpaired) electrons. The zero-order valence-electron chi connectivity index (χ0n) is 18.8. The Hall–Kier alpha value is -4.30. The lowest BCUT2D eigenvalue weighted by Gasteiger charge is -2.31. The highest BCUT2D eigenvalue weighted by atomic mass is 16.6. The highest BCUT2D eigenvalue weighted by Gasteiger charge is 2.45. The van der Waals surface area contributed by atoms with Crippen LogP contribution in [-0.4, -0.2) is 31.9 Å². The number of cyclic esters (lactones) is 1. The van der Waals surface area contributed by atoms with Crippen LogP contribution in [0.5, 0.6) is 5.75 Å². The van der Waals surface area contributed by atoms with Crippen molar-refractivity contribution in [2.75, 3.05) is 0 Å². The first kappa shape index (κ1) is 21.2. The number of esters is 1. The molecule has 1 unspecified atom stereocenters. The number of nitrogens with zero attached hydrogens (tertiary/aromatic N) is 2. The van der Waals surface area contributed by atoms with Crippen LogP contribution in [0.3, 0.4) is 0 Å². The second-order valence-electron chi connectivity index (χ2n) is 8.86. The van der Waals surface area contributed by atoms with Gasteiger partial charge in [-0.2, -0.15) is 0 Å². The van der Waals surface area contributed by atoms with E-state index in [1.54, 1.807) is 47.9 Å². The van der Waals surface area contributed by atoms with Crippen molar-refractivity contribution in [2.24, 2.45) is 0 Å². The highest BCUT2D eigenvalue weighted by molar-refractivity contribution is 6.03. The van der Waals surface area contributed by atoms with Gasteiger partial charge in [0.05, 0.1) is 29.0 Å². The highest BCUT2D eigenvalue weighted by Crippen LogP contribution is 2.45. The maximum atomic E-state index is 13.5. The summed E-state index contributed by atoms with van der Waals surface area (Å²) in [7, 11) is 0. The summed E-state index contributed by atoms with van der Waals surface area (Å²) in [6.45, 7) is 1.67. The second-order valence-corrected chi connectivity index (χ2v) is 8.86. The van der Waals surface area contributed by atoms with Crippen molar-refractivity contribution in [1.82, 2.24) is 9.55 Å². The van der Waals surface area contributed by atoms with Crippen LogP contribution in [-0.2, 0) is 28.3 Å². The minimum absolute atomic E-state index is 0.0648. The number of hydrogen-bond donors (Lipinski definition) is 3. The van der Waals surface area contributed by atoms with E-state index in [9.17, 15) is 19.8 Å². The molecule has 0 spiro atoms. The summed E-state index contributed by atoms with van der Waals surface area (Å²) in [5, 5.41) is 30.3. The van der Waals surface area contributed by atoms with E-state index in [0.29, 0.717) is 28.0 Å². The molecule has 0 fully saturated rings. The molecule has 0 amide bonds. The van der Waals surface area contributed by atoms with Crippen LogP contribution in [0.15, 0.2) is 53.3 Å². The quantitative estimate of drug-likeness (QED) is 0.276. The summed E-state index contributed by atoms with van der Waals surface area (Å²) in [6.07, 6.45) is 1.31. The van der Waals surface area contributed by atoms with Gasteiger partial charge in [0.2, 0.25) is 0 Å². The van der Waals surface area contributed by atoms with Gasteiger partial charge in [-0.1, -0.05) is 31.2 Å². The number of aromatic nitrogens is 2. The van der Waals surface area contributed by atoms with Gasteiger partial charge in [0.15, 0.2) is 5.60 Å². The molecule has 2 aromatic heterocycles. The molecule has 2 aliphatic heterocycles. The van der Waals surface area contributed by atoms with Crippen LogP contribution in [0.25, 0.3) is 33.4 Å². The topological polar surface area (TPSA) is 126 Å². The Morgan fingerprint density at radius 3 is 2.71 bits per heavy atom. The Labute approximate surface area is 199 Å². The number of phenols is 1. The predicted octanol–water partition coefficient (Wildman–Crippen LogP) is 3.45. The van der Waals surface area contributed by atoms with Gasteiger partial charge in [-0.25, -0.2) is 9.78 Å². The fraction of sp³-hybridized carbons (Fsp3) is 0.185. The third kappa shape index (κ3) is 2.83. The lowest BCUT2D eigenvalue weighted by molar-refractivity contribution is -0.172. The molecular formula is C27H21N3O5. The molecular weight excluding hydrogens is 446 g/mol. The van der Waals surface area contributed by atoms with E-state index in [4.69, 9.17) is 15.1 Å². The Kier molecular flexibility index (Phi) is 4.46. The smallest absolute Gasteiger partial charge is 0.343 e. The van der Waals surface area contributed by atoms with E-state index in [2.05, 4.69) is 0 Å². The largest absolute Gasteiger partial charge is 0.507 e. The van der Waals surface area contributed by atoms with Crippen molar-refractivity contribution < 1.29 is 19.7 Å². The number of pyridine rings is 2. The molecule has 0 saturated carbocycles. The van der Waals surface area contributed by atoms with Crippen molar-refractivity contribution in [3.05, 3.63) is 81.1 Å². The number of aromatic hydroxyl groups is 1. The maximum absolute atomic E-state index is 13.5. The van der Waals surface area contributed by atoms with Gasteiger partial charge in [-0.3, -0.25) is 4.79 Å². The summed E-state index contributed by atoms with van der Waals surface area (Å²) in [5.41, 5.74) is 2.70. The number of benzene rings is 2. The van der Waals surface area contributed by atoms with Gasteiger partial charge >= 0.3 is 5.97 Å². The molecule has 35 heavy (non-hydrogen) atoms. The van der Waals surface area contributed by atoms with Gasteiger partial charge in [0.25, 0.3) is 5.56 Å². The fourth-order valence-corrected chi connectivity index (χ4v) is 5.18. The minimum Gasteiger partial charge on any atom is -0.507 e. The first-order valence-electron chi connectivity index (χ1n) is 11.3. The van der Waals surface area contributed by atoms with E-state index >= 15 is 0 Å². The summed E-state index contributed by atoms with van der Waals surface area (Å²) in [6, 6.07) is 14.1. The van der Waals surface area contributed by atoms with Crippen LogP contribution in [0.1, 0.15) is 35.6 Å². The Balaban J connectivity index is 1.71. The minimum atomic E-state index is -1.90. The van der Waals surface area contributed by atoms with E-state index in [-0.39, 0.29) is 42.0 Å². The lowest BCUT2D eigenvalue weighted by atomic mass is 9.86. The first-order chi connectivity index (χ1) is 16.9. The standard InChI is InChI=1S/C27H21N3O5/c1-2-27(34)19-10-21-24-17(12-30(21)25(32)18(19)13-35-26(27)33)23(15-5-3-4-6-22(15)31)16-9-14(11-28)7-8-20(16)29-24/h3-11,28,31,34H,2,12-13H2,1H3. The van der Waals surface area contributed by atoms with Crippen LogP contribution < -0.4 is 5.56 Å². The van der Waals surface area contributed by atoms with Crippen molar-refractivity contribution >= 4 is 23.1 Å². The van der Waals surface area contributed by atoms with Crippen molar-refractivity contribution in [2.45, 2.75) is 32.1 Å². The Morgan fingerprint density at radius 2 is 1.97 bits per heavy atom. The van der Waals surface area contributed by atoms with Crippen molar-refractivity contribution in [3.63, 3.8) is 0 Å². The second kappa shape index (κ2) is 7.35. The Morgan fingerprint density at radius 1 is 1.17 bits per heavy atom. The number of fused-ring (bicyclic) bond motifs is 5. The molecule has 2 aromatic carbocycles. The van der Waals surface area contributed by atoms with Gasteiger partial charge in [0.1, 0.15) is 12.4 Å². The number of carbonyl (C=O) groups excluding carboxylic acids is 1. The average molecular weight is 467 g/mol. The number of nitrogens with one attached hydrogen (secondary N) is 1. The SMILES string of the molecule is CCC1(O)C(=O)OCc2c1cc1n(c2=O)Cc2c-1nc1ccc(C=N)cc1c2-c1ccccc1O. The van der Waals surface area contributed by atoms with Crippen LogP contribution in [0.4, 0.5) is 0 Å². The fourth-order valence-electron chi connectivity index (χ4n) is 5.18. The van der Waals surface area contributed by atoms with Gasteiger partial charge in [-0.15, -0.1) is 0 Å². The summed E-state index contributed by atoms with van der Waals surface area (Å²) in [5.74, 6) is -0.681. The zero-order chi connectivity index (χ0) is 24.5. The monoisotopic (exact) mass is 467 g/mol. The molecule has 0 saturated heterocycles. The van der Waals surface area contributed by atoms with Crippen LogP contribution in [0.2, 0.25) is 0 Å². The summed E-state index contributed by atoms with van der Waals surface area (Å²) < 4.78 is 6.73. The number of carbonyl (C=O) groups is 1. The van der Waals surface area contributed by atoms with Crippen molar-refractivity contribution in [3.8, 4) is 28.3 Å². The van der Waals surface area contributed by atoms with Gasteiger partial charge in [0, 0.05) is 33.9 Å². The molecule has 8 nitrogen and oxygen atoms in total. The molecule has 0 bridgehead atoms. The lowest BCUT2D eigenvalue weighted by Crippen LogP contribution is -2.44. The van der Waals surface area contributed by atoms with E-state index in [0.717, 1.165) is 16.5 Å². The predicted molar refractivity (Wildman–Crippen MR) is 130 cm³/mol. The molecule has 2 aliphatic rings. The third-order valence-electron chi connectivity index (χ3n) is 7.05. The number of para-hydroxylation sites is 1. The first-order valence-corrected chi connectivity index (χ1v) is 11.3. The van der Waals surface area contributed by atoms with Crippen molar-refractivity contribution in [1.29, 1.82) is 5.41 Å². The number of aliphatic hydroxyl groups is 1. The van der Waals surface area contributed by atoms with Gasteiger partial charge in [-0.05, 0) is 36.2 Å². The van der Waals surface area contributed by atoms with Gasteiger partial charge < -0.3 is 24.9 Å². The third-order valence-corrected chi connectivity index (χ3v) is 7.05. The molecule has 4 aromatic rings. The normalized spacial score (nSPS) is 18.1. The molecule has 0 aliphatic carbocycles. The number of ether oxygens (including phenoxy) is 1. The molecule has 4 heterocycles. The molecule has 174 valence electrons. The summed E-state index contributed by atoms with van der Waals surface area (Å²) >= 11 is 0. The molecule has 1 atom stereocenters. The summed E-state index contributed by atoms with van der Waals surface area (Å²) in [4.78, 5) is 30.8. The average Bonchev–Trinajstić information content (AvgIpc) is 3.24. The molecule has 6 rings (SSSR count). The van der Waals surface area contributed by atoms with E-state index < -0.39 is 11.6 Å². The molecule has 3 N–H and O–H groups in total. The number of hydrogen-bond acceptors (Lipinski definition) is 7. The zero-order valence-corrected chi connectivity index (χ0v) is 18.8. The number of rotatable bonds is 3. The van der Waals surface area contributed by atoms with Crippen LogP contribution in [0, 0.1) is 5.41 Å². The number of phenolic OH excluding ortho intramolecular Hbond substituents is 1. The Bertz CT molecular complexity index is 1660. The molecule has 8 heteroatoms. The van der Waals surface area contributed by atoms with E-state index in [1.165, 1.54) is 6.21 Å².